The van der Waals surface area contributed by atoms with Crippen LogP contribution in [0.3, 0.4) is 0 Å². The Kier molecular flexibility index (Phi) is 9.05. The van der Waals surface area contributed by atoms with Crippen LogP contribution in [0.1, 0.15) is 44.5 Å². The molecule has 0 saturated carbocycles. The highest BCUT2D eigenvalue weighted by Gasteiger charge is 2.50. The Balaban J connectivity index is 1.18. The van der Waals surface area contributed by atoms with E-state index in [1.54, 1.807) is 0 Å². The summed E-state index contributed by atoms with van der Waals surface area (Å²) in [7, 11) is 0. The topological polar surface area (TPSA) is 3.24 Å². The normalized spacial score (nSPS) is 13.6. The first-order valence-corrected chi connectivity index (χ1v) is 23.3. The molecule has 2 aliphatic carbocycles. The summed E-state index contributed by atoms with van der Waals surface area (Å²) in [6.45, 7) is 0. The molecule has 0 fully saturated rings. The van der Waals surface area contributed by atoms with Crippen molar-refractivity contribution in [1.29, 1.82) is 0 Å². The zero-order chi connectivity index (χ0) is 44.4. The van der Waals surface area contributed by atoms with E-state index in [9.17, 15) is 0 Å². The lowest BCUT2D eigenvalue weighted by atomic mass is 9.66. The van der Waals surface area contributed by atoms with Gasteiger partial charge in [0.2, 0.25) is 0 Å². The Morgan fingerprint density at radius 2 is 0.716 bits per heavy atom. The minimum absolute atomic E-state index is 0.555. The van der Waals surface area contributed by atoms with Crippen LogP contribution in [-0.2, 0) is 10.8 Å². The molecule has 11 aromatic rings. The Labute approximate surface area is 392 Å². The molecule has 1 heteroatoms. The van der Waals surface area contributed by atoms with Crippen LogP contribution in [0.15, 0.2) is 273 Å². The van der Waals surface area contributed by atoms with Crippen LogP contribution in [0, 0.1) is 0 Å². The summed E-state index contributed by atoms with van der Waals surface area (Å²) in [4.78, 5) is 2.59. The molecule has 0 aliphatic heterocycles. The monoisotopic (exact) mass is 851 g/mol. The first-order valence-electron chi connectivity index (χ1n) is 23.3. The van der Waals surface area contributed by atoms with Gasteiger partial charge in [-0.1, -0.05) is 249 Å². The van der Waals surface area contributed by atoms with Crippen molar-refractivity contribution in [1.82, 2.24) is 0 Å². The fourth-order valence-corrected chi connectivity index (χ4v) is 12.0. The summed E-state index contributed by atoms with van der Waals surface area (Å²) in [5.41, 5.74) is 19.7. The van der Waals surface area contributed by atoms with E-state index < -0.39 is 10.8 Å². The zero-order valence-corrected chi connectivity index (χ0v) is 36.9. The number of nitrogens with zero attached hydrogens (tertiary/aromatic N) is 1. The lowest BCUT2D eigenvalue weighted by Crippen LogP contribution is -2.29. The van der Waals surface area contributed by atoms with Gasteiger partial charge < -0.3 is 4.90 Å². The maximum absolute atomic E-state index is 2.59. The first-order chi connectivity index (χ1) is 33.3. The fraction of sp³-hybridized carbons (Fsp3) is 0.0303. The molecule has 0 N–H and O–H groups in total. The second-order valence-corrected chi connectivity index (χ2v) is 17.9. The largest absolute Gasteiger partial charge is 0.309 e. The molecule has 314 valence electrons. The highest BCUT2D eigenvalue weighted by atomic mass is 15.1. The third-order valence-electron chi connectivity index (χ3n) is 14.6. The quantitative estimate of drug-likeness (QED) is 0.147. The van der Waals surface area contributed by atoms with Crippen molar-refractivity contribution >= 4 is 27.8 Å². The number of hydrogen-bond donors (Lipinski definition) is 0. The standard InChI is InChI=1S/C66H45N/c1-6-23-46(24-7-1)47-41-43-53(44-42-47)67(60-40-22-39-59-62(60)55-35-18-20-37-57(55)65(59,49-26-8-2-9-27-49)50-28-10-3-11-29-50)61-45-48-25-16-17-34-54(48)64-63(61)56-36-19-21-38-58(56)66(64,51-30-12-4-13-31-51)52-32-14-5-15-33-52/h1-45H. The average molecular weight is 852 g/mol. The van der Waals surface area contributed by atoms with Crippen molar-refractivity contribution in [3.63, 3.8) is 0 Å². The van der Waals surface area contributed by atoms with Crippen LogP contribution in [0.5, 0.6) is 0 Å². The Bertz CT molecular complexity index is 3520. The smallest absolute Gasteiger partial charge is 0.0720 e. The van der Waals surface area contributed by atoms with Gasteiger partial charge in [-0.2, -0.15) is 0 Å². The van der Waals surface area contributed by atoms with Gasteiger partial charge in [0.05, 0.1) is 22.2 Å². The van der Waals surface area contributed by atoms with Gasteiger partial charge >= 0.3 is 0 Å². The van der Waals surface area contributed by atoms with Gasteiger partial charge in [0.25, 0.3) is 0 Å². The molecule has 0 radical (unpaired) electrons. The van der Waals surface area contributed by atoms with Crippen LogP contribution in [0.25, 0.3) is 44.2 Å². The average Bonchev–Trinajstić information content (AvgIpc) is 3.90. The molecule has 1 nitrogen and oxygen atoms in total. The highest BCUT2D eigenvalue weighted by molar-refractivity contribution is 6.09. The van der Waals surface area contributed by atoms with E-state index in [0.717, 1.165) is 17.1 Å². The molecule has 0 heterocycles. The van der Waals surface area contributed by atoms with Crippen LogP contribution < -0.4 is 4.90 Å². The summed E-state index contributed by atoms with van der Waals surface area (Å²) >= 11 is 0. The molecular formula is C66H45N. The Morgan fingerprint density at radius 1 is 0.284 bits per heavy atom. The summed E-state index contributed by atoms with van der Waals surface area (Å²) in [5, 5.41) is 2.45. The van der Waals surface area contributed by atoms with Crippen molar-refractivity contribution in [3.8, 4) is 33.4 Å². The lowest BCUT2D eigenvalue weighted by molar-refractivity contribution is 0.768. The molecule has 0 aromatic heterocycles. The van der Waals surface area contributed by atoms with E-state index in [1.165, 1.54) is 88.7 Å². The van der Waals surface area contributed by atoms with Gasteiger partial charge in [-0.05, 0) is 102 Å². The lowest BCUT2D eigenvalue weighted by Gasteiger charge is -2.36. The van der Waals surface area contributed by atoms with Crippen molar-refractivity contribution in [2.75, 3.05) is 4.90 Å². The summed E-state index contributed by atoms with van der Waals surface area (Å²) in [6.07, 6.45) is 0. The molecular weight excluding hydrogens is 807 g/mol. The summed E-state index contributed by atoms with van der Waals surface area (Å²) < 4.78 is 0. The summed E-state index contributed by atoms with van der Waals surface area (Å²) in [6, 6.07) is 101. The molecule has 11 aromatic carbocycles. The maximum Gasteiger partial charge on any atom is 0.0720 e. The van der Waals surface area contributed by atoms with Crippen LogP contribution >= 0.6 is 0 Å². The predicted molar refractivity (Wildman–Crippen MR) is 279 cm³/mol. The second kappa shape index (κ2) is 15.6. The van der Waals surface area contributed by atoms with Gasteiger partial charge in [-0.25, -0.2) is 0 Å². The molecule has 0 unspecified atom stereocenters. The molecule has 13 rings (SSSR count). The second-order valence-electron chi connectivity index (χ2n) is 17.9. The molecule has 0 saturated heterocycles. The number of anilines is 3. The molecule has 0 spiro atoms. The van der Waals surface area contributed by atoms with Gasteiger partial charge in [-0.3, -0.25) is 0 Å². The first kappa shape index (κ1) is 38.9. The predicted octanol–water partition coefficient (Wildman–Crippen LogP) is 16.7. The van der Waals surface area contributed by atoms with Gasteiger partial charge in [-0.15, -0.1) is 0 Å². The minimum Gasteiger partial charge on any atom is -0.309 e. The van der Waals surface area contributed by atoms with Crippen molar-refractivity contribution in [2.45, 2.75) is 10.8 Å². The van der Waals surface area contributed by atoms with E-state index in [1.807, 2.05) is 0 Å². The zero-order valence-electron chi connectivity index (χ0n) is 36.9. The fourth-order valence-electron chi connectivity index (χ4n) is 12.0. The van der Waals surface area contributed by atoms with E-state index >= 15 is 0 Å². The van der Waals surface area contributed by atoms with E-state index in [-0.39, 0.29) is 0 Å². The number of benzene rings is 11. The number of hydrogen-bond acceptors (Lipinski definition) is 1. The summed E-state index contributed by atoms with van der Waals surface area (Å²) in [5.74, 6) is 0. The number of fused-ring (bicyclic) bond motifs is 8. The molecule has 67 heavy (non-hydrogen) atoms. The molecule has 0 bridgehead atoms. The minimum atomic E-state index is -0.603. The third kappa shape index (κ3) is 5.68. The van der Waals surface area contributed by atoms with E-state index in [2.05, 4.69) is 278 Å². The van der Waals surface area contributed by atoms with Crippen LogP contribution in [0.4, 0.5) is 17.1 Å². The van der Waals surface area contributed by atoms with Crippen LogP contribution in [0.2, 0.25) is 0 Å². The van der Waals surface area contributed by atoms with E-state index in [4.69, 9.17) is 0 Å². The molecule has 0 amide bonds. The van der Waals surface area contributed by atoms with Gasteiger partial charge in [0.15, 0.2) is 0 Å². The third-order valence-corrected chi connectivity index (χ3v) is 14.6. The van der Waals surface area contributed by atoms with Gasteiger partial charge in [0.1, 0.15) is 0 Å². The SMILES string of the molecule is c1ccc(-c2ccc(N(c3cccc4c3-c3ccccc3C4(c3ccccc3)c3ccccc3)c3cc4ccccc4c4c3-c3ccccc3C4(c3ccccc3)c3ccccc3)cc2)cc1. The van der Waals surface area contributed by atoms with E-state index in [0.29, 0.717) is 0 Å². The van der Waals surface area contributed by atoms with Crippen molar-refractivity contribution in [2.24, 2.45) is 0 Å². The molecule has 2 aliphatic rings. The highest BCUT2D eigenvalue weighted by Crippen LogP contribution is 2.64. The van der Waals surface area contributed by atoms with Crippen molar-refractivity contribution in [3.05, 3.63) is 317 Å². The van der Waals surface area contributed by atoms with Gasteiger partial charge in [0, 0.05) is 16.8 Å². The molecule has 0 atom stereocenters. The van der Waals surface area contributed by atoms with Crippen LogP contribution in [-0.4, -0.2) is 0 Å². The van der Waals surface area contributed by atoms with Crippen molar-refractivity contribution < 1.29 is 0 Å². The Morgan fingerprint density at radius 3 is 1.30 bits per heavy atom. The Hall–Kier alpha value is -8.52. The maximum atomic E-state index is 2.59. The number of rotatable bonds is 8.